The second-order valence-corrected chi connectivity index (χ2v) is 22.2. The summed E-state index contributed by atoms with van der Waals surface area (Å²) in [7, 11) is 0. The van der Waals surface area contributed by atoms with Crippen molar-refractivity contribution >= 4 is 71.6 Å². The Morgan fingerprint density at radius 3 is 1.77 bits per heavy atom. The van der Waals surface area contributed by atoms with Gasteiger partial charge in [-0.1, -0.05) is 231 Å². The minimum Gasteiger partial charge on any atom is -0.456 e. The van der Waals surface area contributed by atoms with Gasteiger partial charge in [-0.25, -0.2) is 0 Å². The molecular formula is C78H48N2O. The molecule has 13 aromatic carbocycles. The molecule has 1 spiro atoms. The molecule has 0 saturated carbocycles. The number of nitrogens with zero attached hydrogens (tertiary/aromatic N) is 2. The molecule has 0 amide bonds. The van der Waals surface area contributed by atoms with Gasteiger partial charge in [-0.3, -0.25) is 0 Å². The fraction of sp³-hybridized carbons (Fsp3) is 0.0256. The smallest absolute Gasteiger partial charge is 0.135 e. The highest BCUT2D eigenvalue weighted by Gasteiger charge is 2.52. The number of hydrogen-bond acceptors (Lipinski definition) is 2. The lowest BCUT2D eigenvalue weighted by molar-refractivity contribution is 0.669. The van der Waals surface area contributed by atoms with Crippen molar-refractivity contribution in [3.05, 3.63) is 336 Å². The SMILES string of the molecule is c1ccc(C2(c3ccccc3)c3cc(N(c4ccc(-c5ccc6oc7ccccc7c6c5)cc4)c4cccc5c4-c4ccccc4C54c5ccccc5-n5c6ccccc6c6cccc4c65)ccc3-c3c2ccc2ccccc32)cc1. The maximum atomic E-state index is 6.30. The predicted octanol–water partition coefficient (Wildman–Crippen LogP) is 20.0. The summed E-state index contributed by atoms with van der Waals surface area (Å²) in [5.74, 6) is 0. The van der Waals surface area contributed by atoms with Gasteiger partial charge in [0.2, 0.25) is 0 Å². The molecule has 3 heterocycles. The summed E-state index contributed by atoms with van der Waals surface area (Å²) in [5, 5.41) is 7.28. The van der Waals surface area contributed by atoms with E-state index in [0.717, 1.165) is 50.1 Å². The standard InChI is InChI=1S/C78H48N2O/c1-3-20-52(21-4-1)77(53-22-5-2-6-23-53)66-45-39-50-19-7-8-24-56(50)74(66)61-44-43-55(48-68(61)77)79(54-41-37-49(38-42-54)51-40-46-73-62(47-51)58-26-11-16-36-72(58)81-73)71-35-18-31-65-75(71)60-27-9-12-29-63(60)78(65)64-30-13-15-34-70(64)80-69-33-14-10-25-57(69)59-28-17-32-67(78)76(59)80/h1-48H. The van der Waals surface area contributed by atoms with Crippen LogP contribution in [0.5, 0.6) is 0 Å². The topological polar surface area (TPSA) is 21.3 Å². The highest BCUT2D eigenvalue weighted by Crippen LogP contribution is 2.64. The largest absolute Gasteiger partial charge is 0.456 e. The first kappa shape index (κ1) is 44.5. The van der Waals surface area contributed by atoms with Gasteiger partial charge in [0.15, 0.2) is 0 Å². The first-order chi connectivity index (χ1) is 40.2. The molecule has 0 bridgehead atoms. The second kappa shape index (κ2) is 16.5. The molecule has 3 heteroatoms. The molecule has 0 N–H and O–H groups in total. The first-order valence-corrected chi connectivity index (χ1v) is 28.2. The Hall–Kier alpha value is -10.5. The molecular weight excluding hydrogens is 981 g/mol. The van der Waals surface area contributed by atoms with Crippen LogP contribution < -0.4 is 4.90 Å². The van der Waals surface area contributed by atoms with Gasteiger partial charge in [0, 0.05) is 38.5 Å². The Bertz CT molecular complexity index is 5080. The van der Waals surface area contributed by atoms with E-state index >= 15 is 0 Å². The van der Waals surface area contributed by atoms with E-state index in [1.165, 1.54) is 105 Å². The molecule has 2 aromatic heterocycles. The van der Waals surface area contributed by atoms with Crippen LogP contribution in [0.4, 0.5) is 17.1 Å². The molecule has 0 fully saturated rings. The van der Waals surface area contributed by atoms with Crippen molar-refractivity contribution in [2.24, 2.45) is 0 Å². The highest BCUT2D eigenvalue weighted by atomic mass is 16.3. The third-order valence-electron chi connectivity index (χ3n) is 18.5. The van der Waals surface area contributed by atoms with E-state index in [-0.39, 0.29) is 0 Å². The van der Waals surface area contributed by atoms with E-state index in [2.05, 4.69) is 295 Å². The molecule has 3 nitrogen and oxygen atoms in total. The van der Waals surface area contributed by atoms with E-state index in [1.807, 2.05) is 6.07 Å². The molecule has 15 aromatic rings. The average molecular weight is 1030 g/mol. The fourth-order valence-electron chi connectivity index (χ4n) is 15.3. The van der Waals surface area contributed by atoms with E-state index in [0.29, 0.717) is 0 Å². The van der Waals surface area contributed by atoms with E-state index in [9.17, 15) is 0 Å². The summed E-state index contributed by atoms with van der Waals surface area (Å²) >= 11 is 0. The lowest BCUT2D eigenvalue weighted by atomic mass is 9.65. The number of anilines is 3. The minimum absolute atomic E-state index is 0.621. The first-order valence-electron chi connectivity index (χ1n) is 28.2. The summed E-state index contributed by atoms with van der Waals surface area (Å²) < 4.78 is 8.83. The van der Waals surface area contributed by atoms with Crippen LogP contribution >= 0.6 is 0 Å². The number of para-hydroxylation sites is 4. The summed E-state index contributed by atoms with van der Waals surface area (Å²) in [6.07, 6.45) is 0. The molecule has 376 valence electrons. The van der Waals surface area contributed by atoms with Crippen LogP contribution in [-0.4, -0.2) is 4.57 Å². The number of aromatic nitrogens is 1. The molecule has 1 atom stereocenters. The number of hydrogen-bond donors (Lipinski definition) is 0. The van der Waals surface area contributed by atoms with Gasteiger partial charge in [0.25, 0.3) is 0 Å². The van der Waals surface area contributed by atoms with Gasteiger partial charge in [-0.15, -0.1) is 0 Å². The third-order valence-corrected chi connectivity index (χ3v) is 18.5. The van der Waals surface area contributed by atoms with Crippen molar-refractivity contribution in [3.8, 4) is 39.1 Å². The van der Waals surface area contributed by atoms with Crippen molar-refractivity contribution in [2.45, 2.75) is 10.8 Å². The molecule has 3 aliphatic rings. The molecule has 1 unspecified atom stereocenters. The van der Waals surface area contributed by atoms with Crippen LogP contribution in [0.2, 0.25) is 0 Å². The van der Waals surface area contributed by atoms with Gasteiger partial charge in [-0.05, 0) is 144 Å². The van der Waals surface area contributed by atoms with Gasteiger partial charge in [0.1, 0.15) is 11.2 Å². The van der Waals surface area contributed by atoms with Crippen LogP contribution in [0, 0.1) is 0 Å². The van der Waals surface area contributed by atoms with Crippen LogP contribution in [0.25, 0.3) is 93.6 Å². The molecule has 2 aliphatic carbocycles. The zero-order valence-electron chi connectivity index (χ0n) is 44.0. The van der Waals surface area contributed by atoms with Crippen LogP contribution in [0.15, 0.2) is 296 Å². The number of fused-ring (bicyclic) bond motifs is 20. The minimum atomic E-state index is -0.628. The van der Waals surface area contributed by atoms with Crippen molar-refractivity contribution < 1.29 is 4.42 Å². The van der Waals surface area contributed by atoms with Crippen LogP contribution in [-0.2, 0) is 10.8 Å². The molecule has 0 radical (unpaired) electrons. The van der Waals surface area contributed by atoms with Crippen molar-refractivity contribution in [1.82, 2.24) is 4.57 Å². The molecule has 0 saturated heterocycles. The maximum absolute atomic E-state index is 6.30. The van der Waals surface area contributed by atoms with E-state index in [1.54, 1.807) is 0 Å². The molecule has 1 aliphatic heterocycles. The summed E-state index contributed by atoms with van der Waals surface area (Å²) in [4.78, 5) is 2.56. The summed E-state index contributed by atoms with van der Waals surface area (Å²) in [5.41, 5.74) is 25.0. The third kappa shape index (κ3) is 5.81. The van der Waals surface area contributed by atoms with Crippen LogP contribution in [0.3, 0.4) is 0 Å². The Morgan fingerprint density at radius 1 is 0.321 bits per heavy atom. The van der Waals surface area contributed by atoms with Gasteiger partial charge in [0.05, 0.1) is 33.2 Å². The van der Waals surface area contributed by atoms with Gasteiger partial charge < -0.3 is 13.9 Å². The lowest BCUT2D eigenvalue weighted by Gasteiger charge is -2.39. The number of rotatable bonds is 6. The van der Waals surface area contributed by atoms with E-state index < -0.39 is 10.8 Å². The van der Waals surface area contributed by atoms with Crippen molar-refractivity contribution in [3.63, 3.8) is 0 Å². The lowest BCUT2D eigenvalue weighted by Crippen LogP contribution is -2.33. The van der Waals surface area contributed by atoms with E-state index in [4.69, 9.17) is 4.42 Å². The summed E-state index contributed by atoms with van der Waals surface area (Å²) in [6.45, 7) is 0. The van der Waals surface area contributed by atoms with Gasteiger partial charge >= 0.3 is 0 Å². The quantitative estimate of drug-likeness (QED) is 0.166. The Kier molecular flexibility index (Phi) is 9.08. The zero-order chi connectivity index (χ0) is 53.0. The number of benzene rings is 13. The number of furan rings is 1. The summed E-state index contributed by atoms with van der Waals surface area (Å²) in [6, 6.07) is 109. The Morgan fingerprint density at radius 2 is 0.926 bits per heavy atom. The molecule has 18 rings (SSSR count). The maximum Gasteiger partial charge on any atom is 0.135 e. The Balaban J connectivity index is 0.922. The van der Waals surface area contributed by atoms with Crippen molar-refractivity contribution in [1.29, 1.82) is 0 Å². The second-order valence-electron chi connectivity index (χ2n) is 22.2. The van der Waals surface area contributed by atoms with Crippen molar-refractivity contribution in [2.75, 3.05) is 4.90 Å². The highest BCUT2D eigenvalue weighted by molar-refractivity contribution is 6.14. The van der Waals surface area contributed by atoms with Crippen LogP contribution in [0.1, 0.15) is 44.5 Å². The fourth-order valence-corrected chi connectivity index (χ4v) is 15.3. The normalized spacial score (nSPS) is 15.1. The monoisotopic (exact) mass is 1030 g/mol. The predicted molar refractivity (Wildman–Crippen MR) is 334 cm³/mol. The zero-order valence-corrected chi connectivity index (χ0v) is 44.0. The molecule has 81 heavy (non-hydrogen) atoms. The average Bonchev–Trinajstić information content (AvgIpc) is 3.65. The van der Waals surface area contributed by atoms with Gasteiger partial charge in [-0.2, -0.15) is 0 Å². The Labute approximate surface area is 468 Å².